The number of nitrogens with zero attached hydrogens (tertiary/aromatic N) is 3. The third-order valence-electron chi connectivity index (χ3n) is 3.80. The molecule has 1 amide bonds. The lowest BCUT2D eigenvalue weighted by Crippen LogP contribution is -2.34. The predicted molar refractivity (Wildman–Crippen MR) is 114 cm³/mol. The van der Waals surface area contributed by atoms with Crippen LogP contribution in [0.15, 0.2) is 30.5 Å². The lowest BCUT2D eigenvalue weighted by atomic mass is 10.0. The van der Waals surface area contributed by atoms with E-state index in [1.807, 2.05) is 20.8 Å². The third-order valence-corrected chi connectivity index (χ3v) is 4.26. The van der Waals surface area contributed by atoms with Gasteiger partial charge in [-0.3, -0.25) is 4.79 Å². The van der Waals surface area contributed by atoms with Gasteiger partial charge in [-0.2, -0.15) is 4.98 Å². The summed E-state index contributed by atoms with van der Waals surface area (Å²) in [5.41, 5.74) is 0.504. The topological polar surface area (TPSA) is 84.4 Å². The number of halogens is 2. The normalized spacial score (nSPS) is 11.1. The monoisotopic (exact) mass is 438 g/mol. The van der Waals surface area contributed by atoms with Gasteiger partial charge in [-0.1, -0.05) is 23.7 Å². The quantitative estimate of drug-likeness (QED) is 0.462. The second kappa shape index (κ2) is 9.89. The van der Waals surface area contributed by atoms with Crippen LogP contribution in [-0.2, 0) is 4.74 Å². The number of hydrogen-bond acceptors (Lipinski definition) is 6. The molecule has 1 aromatic carbocycles. The Balaban J connectivity index is 2.00. The average molecular weight is 439 g/mol. The number of amides is 1. The van der Waals surface area contributed by atoms with Crippen molar-refractivity contribution in [2.75, 3.05) is 18.9 Å². The van der Waals surface area contributed by atoms with Crippen molar-refractivity contribution in [1.82, 2.24) is 14.9 Å². The maximum atomic E-state index is 12.7. The summed E-state index contributed by atoms with van der Waals surface area (Å²) >= 11 is 11.9. The first-order valence-electron chi connectivity index (χ1n) is 9.08. The Morgan fingerprint density at radius 1 is 1.21 bits per heavy atom. The van der Waals surface area contributed by atoms with Crippen LogP contribution in [0.4, 0.5) is 16.3 Å². The molecule has 0 aliphatic heterocycles. The number of hydrogen-bond donors (Lipinski definition) is 1. The van der Waals surface area contributed by atoms with Crippen molar-refractivity contribution in [3.63, 3.8) is 0 Å². The molecule has 0 aliphatic carbocycles. The minimum Gasteiger partial charge on any atom is -0.444 e. The van der Waals surface area contributed by atoms with Gasteiger partial charge in [0.05, 0.1) is 11.9 Å². The number of Topliss-reactive ketones (excluding diaryl/α,β-unsaturated/α-hetero) is 1. The van der Waals surface area contributed by atoms with E-state index in [0.717, 1.165) is 0 Å². The van der Waals surface area contributed by atoms with Crippen molar-refractivity contribution >= 4 is 46.6 Å². The second-order valence-corrected chi connectivity index (χ2v) is 8.18. The molecule has 2 rings (SSSR count). The maximum Gasteiger partial charge on any atom is 0.410 e. The van der Waals surface area contributed by atoms with E-state index in [4.69, 9.17) is 27.9 Å². The van der Waals surface area contributed by atoms with Gasteiger partial charge in [0.2, 0.25) is 5.28 Å². The van der Waals surface area contributed by atoms with Crippen LogP contribution in [0.3, 0.4) is 0 Å². The Bertz CT molecular complexity index is 884. The molecular weight excluding hydrogens is 415 g/mol. The maximum absolute atomic E-state index is 12.7. The lowest BCUT2D eigenvalue weighted by molar-refractivity contribution is 0.0295. The van der Waals surface area contributed by atoms with E-state index >= 15 is 0 Å². The molecule has 0 saturated heterocycles. The number of rotatable bonds is 7. The molecule has 29 heavy (non-hydrogen) atoms. The van der Waals surface area contributed by atoms with E-state index in [1.54, 1.807) is 31.3 Å². The van der Waals surface area contributed by atoms with E-state index in [2.05, 4.69) is 15.3 Å². The second-order valence-electron chi connectivity index (χ2n) is 7.43. The van der Waals surface area contributed by atoms with Gasteiger partial charge in [-0.25, -0.2) is 9.78 Å². The van der Waals surface area contributed by atoms with Crippen LogP contribution in [0.1, 0.15) is 44.0 Å². The van der Waals surface area contributed by atoms with Crippen molar-refractivity contribution in [2.45, 2.75) is 39.2 Å². The van der Waals surface area contributed by atoms with E-state index in [9.17, 15) is 9.59 Å². The molecule has 0 unspecified atom stereocenters. The first kappa shape index (κ1) is 22.9. The molecule has 1 heterocycles. The van der Waals surface area contributed by atoms with Crippen molar-refractivity contribution in [3.8, 4) is 0 Å². The molecule has 0 atom stereocenters. The summed E-state index contributed by atoms with van der Waals surface area (Å²) in [6, 6.07) is 7.05. The zero-order valence-corrected chi connectivity index (χ0v) is 18.3. The van der Waals surface area contributed by atoms with Gasteiger partial charge in [0.25, 0.3) is 0 Å². The van der Waals surface area contributed by atoms with Gasteiger partial charge in [0, 0.05) is 25.6 Å². The highest BCUT2D eigenvalue weighted by atomic mass is 35.5. The number of para-hydroxylation sites is 1. The zero-order valence-electron chi connectivity index (χ0n) is 16.8. The molecule has 0 saturated carbocycles. The summed E-state index contributed by atoms with van der Waals surface area (Å²) in [5, 5.41) is 3.37. The van der Waals surface area contributed by atoms with Gasteiger partial charge >= 0.3 is 6.09 Å². The molecule has 0 fully saturated rings. The number of anilines is 2. The molecule has 0 radical (unpaired) electrons. The standard InChI is InChI=1S/C20H24Cl2N4O3/c1-20(2,3)29-19(28)26(4)11-7-10-16(27)13-8-5-6-9-15(13)24-17-14(21)12-23-18(22)25-17/h5-6,8-9,12H,7,10-11H2,1-4H3,(H,23,24,25). The number of aromatic nitrogens is 2. The molecular formula is C20H24Cl2N4O3. The van der Waals surface area contributed by atoms with Gasteiger partial charge in [-0.05, 0) is 50.9 Å². The van der Waals surface area contributed by atoms with E-state index in [1.165, 1.54) is 11.1 Å². The number of ether oxygens (including phenoxy) is 1. The lowest BCUT2D eigenvalue weighted by Gasteiger charge is -2.24. The molecule has 9 heteroatoms. The Morgan fingerprint density at radius 2 is 1.90 bits per heavy atom. The van der Waals surface area contributed by atoms with Crippen LogP contribution in [0.5, 0.6) is 0 Å². The van der Waals surface area contributed by atoms with Crippen LogP contribution in [-0.4, -0.2) is 45.9 Å². The summed E-state index contributed by atoms with van der Waals surface area (Å²) in [6.07, 6.45) is 1.74. The van der Waals surface area contributed by atoms with Crippen molar-refractivity contribution in [2.24, 2.45) is 0 Å². The fourth-order valence-corrected chi connectivity index (χ4v) is 2.71. The van der Waals surface area contributed by atoms with Crippen molar-refractivity contribution in [1.29, 1.82) is 0 Å². The molecule has 1 aromatic heterocycles. The molecule has 0 aliphatic rings. The third kappa shape index (κ3) is 7.18. The van der Waals surface area contributed by atoms with Crippen LogP contribution >= 0.6 is 23.2 Å². The minimum atomic E-state index is -0.559. The number of nitrogens with one attached hydrogen (secondary N) is 1. The number of carbonyl (C=O) groups is 2. The minimum absolute atomic E-state index is 0.0471. The molecule has 1 N–H and O–H groups in total. The van der Waals surface area contributed by atoms with Gasteiger partial charge < -0.3 is 15.0 Å². The number of carbonyl (C=O) groups excluding carboxylic acids is 2. The van der Waals surface area contributed by atoms with Crippen molar-refractivity contribution in [3.05, 3.63) is 46.3 Å². The summed E-state index contributed by atoms with van der Waals surface area (Å²) in [6.45, 7) is 5.83. The summed E-state index contributed by atoms with van der Waals surface area (Å²) < 4.78 is 5.30. The first-order chi connectivity index (χ1) is 13.6. The van der Waals surface area contributed by atoms with E-state index < -0.39 is 11.7 Å². The van der Waals surface area contributed by atoms with Crippen LogP contribution in [0, 0.1) is 0 Å². The Morgan fingerprint density at radius 3 is 2.59 bits per heavy atom. The fraction of sp³-hybridized carbons (Fsp3) is 0.400. The average Bonchev–Trinajstić information content (AvgIpc) is 2.63. The highest BCUT2D eigenvalue weighted by Crippen LogP contribution is 2.26. The van der Waals surface area contributed by atoms with E-state index in [0.29, 0.717) is 30.0 Å². The molecule has 7 nitrogen and oxygen atoms in total. The smallest absolute Gasteiger partial charge is 0.410 e. The van der Waals surface area contributed by atoms with Crippen molar-refractivity contribution < 1.29 is 14.3 Å². The zero-order chi connectivity index (χ0) is 21.6. The van der Waals surface area contributed by atoms with Gasteiger partial charge in [-0.15, -0.1) is 0 Å². The fourth-order valence-electron chi connectivity index (χ4n) is 2.44. The Labute approximate surface area is 180 Å². The number of ketones is 1. The molecule has 0 bridgehead atoms. The molecule has 156 valence electrons. The first-order valence-corrected chi connectivity index (χ1v) is 9.84. The number of benzene rings is 1. The summed E-state index contributed by atoms with van der Waals surface area (Å²) in [5.74, 6) is 0.249. The highest BCUT2D eigenvalue weighted by Gasteiger charge is 2.20. The predicted octanol–water partition coefficient (Wildman–Crippen LogP) is 5.36. The van der Waals surface area contributed by atoms with Gasteiger partial charge in [0.15, 0.2) is 11.6 Å². The summed E-state index contributed by atoms with van der Waals surface area (Å²) in [7, 11) is 1.65. The van der Waals surface area contributed by atoms with Crippen LogP contribution in [0.2, 0.25) is 10.3 Å². The highest BCUT2D eigenvalue weighted by molar-refractivity contribution is 6.33. The largest absolute Gasteiger partial charge is 0.444 e. The van der Waals surface area contributed by atoms with Crippen LogP contribution < -0.4 is 5.32 Å². The van der Waals surface area contributed by atoms with Crippen LogP contribution in [0.25, 0.3) is 0 Å². The molecule has 0 spiro atoms. The SMILES string of the molecule is CN(CCCC(=O)c1ccccc1Nc1nc(Cl)ncc1Cl)C(=O)OC(C)(C)C. The van der Waals surface area contributed by atoms with E-state index in [-0.39, 0.29) is 22.5 Å². The summed E-state index contributed by atoms with van der Waals surface area (Å²) in [4.78, 5) is 34.0. The van der Waals surface area contributed by atoms with Gasteiger partial charge in [0.1, 0.15) is 10.6 Å². The Kier molecular flexibility index (Phi) is 7.81. The molecule has 2 aromatic rings. The Hall–Kier alpha value is -2.38.